The van der Waals surface area contributed by atoms with Crippen LogP contribution in [0.15, 0.2) is 174 Å². The minimum Gasteiger partial charge on any atom is -0.455 e. The lowest BCUT2D eigenvalue weighted by Crippen LogP contribution is -1.92. The molecule has 0 radical (unpaired) electrons. The third kappa shape index (κ3) is 4.09. The highest BCUT2D eigenvalue weighted by Gasteiger charge is 2.20. The van der Waals surface area contributed by atoms with Gasteiger partial charge in [0, 0.05) is 16.3 Å². The van der Waals surface area contributed by atoms with Gasteiger partial charge in [-0.25, -0.2) is 0 Å². The van der Waals surface area contributed by atoms with Crippen molar-refractivity contribution in [1.29, 1.82) is 0 Å². The molecule has 0 aliphatic rings. The van der Waals surface area contributed by atoms with Gasteiger partial charge in [-0.3, -0.25) is 0 Å². The fraction of sp³-hybridized carbons (Fsp3) is 0. The van der Waals surface area contributed by atoms with Gasteiger partial charge in [-0.05, 0) is 72.6 Å². The van der Waals surface area contributed by atoms with Crippen LogP contribution >= 0.6 is 0 Å². The van der Waals surface area contributed by atoms with E-state index in [1.807, 2.05) is 0 Å². The van der Waals surface area contributed by atoms with Gasteiger partial charge in [0.05, 0.1) is 20.6 Å². The number of rotatable bonds is 4. The van der Waals surface area contributed by atoms with Crippen LogP contribution < -0.4 is 0 Å². The van der Waals surface area contributed by atoms with E-state index in [-0.39, 0.29) is 73.9 Å². The van der Waals surface area contributed by atoms with Crippen LogP contribution in [0.3, 0.4) is 0 Å². The summed E-state index contributed by atoms with van der Waals surface area (Å²) in [4.78, 5) is 0. The van der Waals surface area contributed by atoms with Crippen molar-refractivity contribution in [2.45, 2.75) is 0 Å². The summed E-state index contributed by atoms with van der Waals surface area (Å²) in [6.07, 6.45) is 0. The van der Waals surface area contributed by atoms with Crippen LogP contribution in [0.2, 0.25) is 0 Å². The first-order valence-corrected chi connectivity index (χ1v) is 14.2. The zero-order chi connectivity index (χ0) is 42.8. The van der Waals surface area contributed by atoms with Crippen molar-refractivity contribution >= 4 is 43.5 Å². The number of fused-ring (bicyclic) bond motifs is 5. The highest BCUT2D eigenvalue weighted by Crippen LogP contribution is 2.47. The number of hydrogen-bond acceptors (Lipinski definition) is 1. The molecule has 0 bridgehead atoms. The van der Waals surface area contributed by atoms with E-state index in [0.717, 1.165) is 0 Å². The Morgan fingerprint density at radius 2 is 0.978 bits per heavy atom. The molecular weight excluding hydrogens is 544 g/mol. The molecule has 210 valence electrons. The molecule has 8 aromatic carbocycles. The SMILES string of the molecule is [2H]c1c([2H])c([2H])c(-c2c([2H])c([2H])c([2H])c([2H])c2-c2c3ccccc3c(-c3c([2H])c([2H])c4oc5c(-c6ccccc6)c([2H])c([2H])c([2H])c5c4c3[2H])c3ccccc23)c([2H])c1[2H]. The number of para-hydroxylation sites is 1. The Labute approximate surface area is 282 Å². The molecule has 45 heavy (non-hydrogen) atoms. The molecule has 0 N–H and O–H groups in total. The number of furan rings is 1. The molecule has 0 unspecified atom stereocenters. The average Bonchev–Trinajstić information content (AvgIpc) is 3.66. The van der Waals surface area contributed by atoms with E-state index in [2.05, 4.69) is 0 Å². The molecular formula is C44H28O. The van der Waals surface area contributed by atoms with Crippen molar-refractivity contribution in [2.75, 3.05) is 0 Å². The number of benzene rings is 8. The molecule has 0 amide bonds. The van der Waals surface area contributed by atoms with Gasteiger partial charge in [0.15, 0.2) is 0 Å². The van der Waals surface area contributed by atoms with Crippen LogP contribution in [0.5, 0.6) is 0 Å². The molecule has 1 heterocycles. The van der Waals surface area contributed by atoms with Gasteiger partial charge in [0.25, 0.3) is 0 Å². The van der Waals surface area contributed by atoms with Crippen molar-refractivity contribution in [3.8, 4) is 44.5 Å². The Bertz CT molecular complexity index is 3290. The molecule has 1 nitrogen and oxygen atoms in total. The summed E-state index contributed by atoms with van der Waals surface area (Å²) in [5.41, 5.74) is 0.290. The first-order valence-electron chi connectivity index (χ1n) is 21.7. The fourth-order valence-corrected chi connectivity index (χ4v) is 6.08. The van der Waals surface area contributed by atoms with E-state index in [9.17, 15) is 5.48 Å². The van der Waals surface area contributed by atoms with Crippen LogP contribution in [-0.4, -0.2) is 0 Å². The first kappa shape index (κ1) is 14.7. The maximum absolute atomic E-state index is 9.79. The van der Waals surface area contributed by atoms with E-state index >= 15 is 0 Å². The zero-order valence-electron chi connectivity index (χ0n) is 38.4. The Kier molecular flexibility index (Phi) is 3.39. The molecule has 0 spiro atoms. The van der Waals surface area contributed by atoms with Crippen molar-refractivity contribution in [2.24, 2.45) is 0 Å². The maximum Gasteiger partial charge on any atom is 0.143 e. The number of hydrogen-bond donors (Lipinski definition) is 0. The summed E-state index contributed by atoms with van der Waals surface area (Å²) in [5, 5.41) is 1.57. The Morgan fingerprint density at radius 1 is 0.378 bits per heavy atom. The predicted molar refractivity (Wildman–Crippen MR) is 190 cm³/mol. The lowest BCUT2D eigenvalue weighted by molar-refractivity contribution is 0.670. The Balaban J connectivity index is 1.47. The van der Waals surface area contributed by atoms with Crippen LogP contribution in [0.25, 0.3) is 88.0 Å². The standard InChI is InChI=1S/C44H28O/c1-3-14-29(15-4-1)32-18-7-8-19-34(32)43-37-22-11-9-20-35(37)42(36-21-10-12-23-38(36)43)31-26-27-41-40(28-31)39-25-13-24-33(44(39)45-41)30-16-5-2-6-17-30/h1-28H/i1D,3D,4D,7D,8D,13D,14D,15D,18D,19D,24D,25D,26D,27D,28D. The molecule has 0 aliphatic carbocycles. The smallest absolute Gasteiger partial charge is 0.143 e. The topological polar surface area (TPSA) is 13.1 Å². The monoisotopic (exact) mass is 587 g/mol. The lowest BCUT2D eigenvalue weighted by Gasteiger charge is -2.19. The molecule has 0 atom stereocenters. The largest absolute Gasteiger partial charge is 0.455 e. The van der Waals surface area contributed by atoms with Crippen molar-refractivity contribution < 1.29 is 25.0 Å². The molecule has 0 saturated carbocycles. The highest BCUT2D eigenvalue weighted by molar-refractivity contribution is 6.23. The fourth-order valence-electron chi connectivity index (χ4n) is 6.08. The van der Waals surface area contributed by atoms with E-state index in [1.165, 1.54) is 0 Å². The molecule has 1 aromatic heterocycles. The molecule has 0 fully saturated rings. The Hall–Kier alpha value is -5.92. The third-order valence-electron chi connectivity index (χ3n) is 7.99. The molecule has 9 aromatic rings. The average molecular weight is 588 g/mol. The normalized spacial score (nSPS) is 16.2. The van der Waals surface area contributed by atoms with Gasteiger partial charge < -0.3 is 4.42 Å². The second-order valence-corrected chi connectivity index (χ2v) is 10.5. The quantitative estimate of drug-likeness (QED) is 0.187. The van der Waals surface area contributed by atoms with Crippen LogP contribution in [-0.2, 0) is 0 Å². The van der Waals surface area contributed by atoms with Gasteiger partial charge in [-0.15, -0.1) is 0 Å². The summed E-state index contributed by atoms with van der Waals surface area (Å²) in [6.45, 7) is 0. The second kappa shape index (κ2) is 10.4. The van der Waals surface area contributed by atoms with Crippen LogP contribution in [0.1, 0.15) is 20.6 Å². The van der Waals surface area contributed by atoms with E-state index < -0.39 is 72.0 Å². The van der Waals surface area contributed by atoms with Gasteiger partial charge in [-0.2, -0.15) is 0 Å². The third-order valence-corrected chi connectivity index (χ3v) is 7.99. The molecule has 1 heteroatoms. The van der Waals surface area contributed by atoms with E-state index in [4.69, 9.17) is 19.5 Å². The summed E-state index contributed by atoms with van der Waals surface area (Å²) in [5.74, 6) is 0. The van der Waals surface area contributed by atoms with Gasteiger partial charge in [-0.1, -0.05) is 157 Å². The summed E-state index contributed by atoms with van der Waals surface area (Å²) in [7, 11) is 0. The minimum atomic E-state index is -0.683. The van der Waals surface area contributed by atoms with Crippen molar-refractivity contribution in [3.05, 3.63) is 169 Å². The van der Waals surface area contributed by atoms with Gasteiger partial charge in [0.1, 0.15) is 11.2 Å². The Morgan fingerprint density at radius 3 is 1.69 bits per heavy atom. The second-order valence-electron chi connectivity index (χ2n) is 10.5. The minimum absolute atomic E-state index is 0.00886. The maximum atomic E-state index is 9.79. The molecule has 0 aliphatic heterocycles. The molecule has 9 rings (SSSR count). The van der Waals surface area contributed by atoms with Crippen LogP contribution in [0.4, 0.5) is 0 Å². The summed E-state index contributed by atoms with van der Waals surface area (Å²) >= 11 is 0. The van der Waals surface area contributed by atoms with Crippen LogP contribution in [0, 0.1) is 0 Å². The first-order chi connectivity index (χ1) is 28.6. The van der Waals surface area contributed by atoms with E-state index in [1.54, 1.807) is 78.9 Å². The predicted octanol–water partition coefficient (Wildman–Crippen LogP) is 12.6. The van der Waals surface area contributed by atoms with Crippen molar-refractivity contribution in [1.82, 2.24) is 0 Å². The van der Waals surface area contributed by atoms with E-state index in [0.29, 0.717) is 32.7 Å². The van der Waals surface area contributed by atoms with Gasteiger partial charge >= 0.3 is 0 Å². The summed E-state index contributed by atoms with van der Waals surface area (Å²) in [6, 6.07) is 14.4. The van der Waals surface area contributed by atoms with Gasteiger partial charge in [0.2, 0.25) is 0 Å². The molecule has 0 saturated heterocycles. The zero-order valence-corrected chi connectivity index (χ0v) is 23.4. The highest BCUT2D eigenvalue weighted by atomic mass is 16.3. The van der Waals surface area contributed by atoms with Crippen molar-refractivity contribution in [3.63, 3.8) is 0 Å². The lowest BCUT2D eigenvalue weighted by atomic mass is 9.83. The summed E-state index contributed by atoms with van der Waals surface area (Å²) < 4.78 is 140.